The lowest BCUT2D eigenvalue weighted by Crippen LogP contribution is -2.42. The zero-order valence-corrected chi connectivity index (χ0v) is 18.7. The molecular weight excluding hydrogens is 396 g/mol. The molecule has 4 rings (SSSR count). The highest BCUT2D eigenvalue weighted by atomic mass is 32.1. The van der Waals surface area contributed by atoms with Gasteiger partial charge in [-0.05, 0) is 75.2 Å². The standard InChI is InChI=1S/C23H30N4O2S/c1-23(2,3)29-22(28)26-12-10-18(15-26)27-11-4-6-16-14-17(8-9-19(16)27)25-21(24)20-7-5-13-30-20/h5,7-9,13-14,18H,4,6,10-12,15H2,1-3H3,(H2,24,25). The van der Waals surface area contributed by atoms with Crippen LogP contribution >= 0.6 is 11.3 Å². The van der Waals surface area contributed by atoms with Crippen molar-refractivity contribution < 1.29 is 9.53 Å². The second-order valence-electron chi connectivity index (χ2n) is 8.99. The predicted octanol–water partition coefficient (Wildman–Crippen LogP) is 4.95. The summed E-state index contributed by atoms with van der Waals surface area (Å²) in [6.45, 7) is 8.17. The summed E-state index contributed by atoms with van der Waals surface area (Å²) in [4.78, 5) is 17.7. The van der Waals surface area contributed by atoms with E-state index in [9.17, 15) is 4.79 Å². The lowest BCUT2D eigenvalue weighted by molar-refractivity contribution is 0.0292. The summed E-state index contributed by atoms with van der Waals surface area (Å²) in [5.74, 6) is 0.432. The minimum absolute atomic E-state index is 0.214. The molecular formula is C23H30N4O2S. The van der Waals surface area contributed by atoms with Crippen LogP contribution in [0, 0.1) is 5.41 Å². The second kappa shape index (κ2) is 8.30. The Kier molecular flexibility index (Phi) is 5.73. The fourth-order valence-corrected chi connectivity index (χ4v) is 4.83. The maximum absolute atomic E-state index is 12.4. The monoisotopic (exact) mass is 426 g/mol. The van der Waals surface area contributed by atoms with Gasteiger partial charge >= 0.3 is 6.09 Å². The van der Waals surface area contributed by atoms with Crippen molar-refractivity contribution in [3.63, 3.8) is 0 Å². The lowest BCUT2D eigenvalue weighted by atomic mass is 9.99. The molecule has 1 amide bonds. The molecule has 0 aliphatic carbocycles. The number of hydrogen-bond acceptors (Lipinski definition) is 5. The van der Waals surface area contributed by atoms with Gasteiger partial charge in [-0.2, -0.15) is 0 Å². The van der Waals surface area contributed by atoms with Crippen molar-refractivity contribution >= 4 is 34.6 Å². The average molecular weight is 427 g/mol. The molecule has 1 aromatic heterocycles. The Bertz CT molecular complexity index is 920. The number of carbonyl (C=O) groups excluding carboxylic acids is 1. The van der Waals surface area contributed by atoms with Gasteiger partial charge in [-0.15, -0.1) is 11.3 Å². The minimum Gasteiger partial charge on any atom is -0.444 e. The summed E-state index contributed by atoms with van der Waals surface area (Å²) in [5, 5.41) is 13.5. The Morgan fingerprint density at radius 1 is 1.27 bits per heavy atom. The van der Waals surface area contributed by atoms with Gasteiger partial charge in [0.05, 0.1) is 4.88 Å². The normalized spacial score (nSPS) is 18.8. The molecule has 1 aromatic carbocycles. The van der Waals surface area contributed by atoms with E-state index in [0.29, 0.717) is 18.4 Å². The molecule has 7 heteroatoms. The second-order valence-corrected chi connectivity index (χ2v) is 9.93. The first-order chi connectivity index (χ1) is 14.3. The Morgan fingerprint density at radius 3 is 2.83 bits per heavy atom. The zero-order valence-electron chi connectivity index (χ0n) is 17.9. The van der Waals surface area contributed by atoms with Crippen LogP contribution in [0.1, 0.15) is 44.1 Å². The Hall–Kier alpha value is -2.54. The van der Waals surface area contributed by atoms with Gasteiger partial charge in [0.2, 0.25) is 0 Å². The number of hydrogen-bond donors (Lipinski definition) is 2. The zero-order chi connectivity index (χ0) is 21.3. The SMILES string of the molecule is CC(C)(C)OC(=O)N1CCC(N2CCCc3cc(NC(=N)c4cccs4)ccc32)C1. The number of nitrogens with zero attached hydrogens (tertiary/aromatic N) is 2. The van der Waals surface area contributed by atoms with Crippen LogP contribution in [0.25, 0.3) is 0 Å². The van der Waals surface area contributed by atoms with Crippen molar-refractivity contribution in [2.75, 3.05) is 29.9 Å². The van der Waals surface area contributed by atoms with Gasteiger partial charge in [-0.1, -0.05) is 6.07 Å². The molecule has 2 N–H and O–H groups in total. The van der Waals surface area contributed by atoms with Gasteiger partial charge in [-0.25, -0.2) is 4.79 Å². The highest BCUT2D eigenvalue weighted by Gasteiger charge is 2.34. The van der Waals surface area contributed by atoms with Crippen molar-refractivity contribution in [1.29, 1.82) is 5.41 Å². The van der Waals surface area contributed by atoms with E-state index in [1.54, 1.807) is 11.3 Å². The largest absolute Gasteiger partial charge is 0.444 e. The number of nitrogens with one attached hydrogen (secondary N) is 2. The summed E-state index contributed by atoms with van der Waals surface area (Å²) < 4.78 is 5.55. The van der Waals surface area contributed by atoms with Gasteiger partial charge < -0.3 is 19.9 Å². The molecule has 0 radical (unpaired) electrons. The van der Waals surface area contributed by atoms with Gasteiger partial charge in [0.25, 0.3) is 0 Å². The van der Waals surface area contributed by atoms with E-state index in [1.165, 1.54) is 11.3 Å². The van der Waals surface area contributed by atoms with Crippen molar-refractivity contribution in [2.24, 2.45) is 0 Å². The molecule has 0 spiro atoms. The molecule has 2 aliphatic heterocycles. The van der Waals surface area contributed by atoms with Crippen LogP contribution in [-0.4, -0.2) is 48.1 Å². The summed E-state index contributed by atoms with van der Waals surface area (Å²) in [6.07, 6.45) is 2.88. The summed E-state index contributed by atoms with van der Waals surface area (Å²) in [5.41, 5.74) is 3.05. The number of carbonyl (C=O) groups is 1. The van der Waals surface area contributed by atoms with Gasteiger partial charge in [-0.3, -0.25) is 5.41 Å². The third kappa shape index (κ3) is 4.61. The van der Waals surface area contributed by atoms with Crippen LogP contribution in [0.5, 0.6) is 0 Å². The Morgan fingerprint density at radius 2 is 2.10 bits per heavy atom. The van der Waals surface area contributed by atoms with E-state index >= 15 is 0 Å². The number of amides is 1. The fourth-order valence-electron chi connectivity index (χ4n) is 4.20. The smallest absolute Gasteiger partial charge is 0.410 e. The Labute approximate surface area is 182 Å². The van der Waals surface area contributed by atoms with Crippen molar-refractivity contribution in [1.82, 2.24) is 4.90 Å². The number of thiophene rings is 1. The molecule has 0 saturated carbocycles. The van der Waals surface area contributed by atoms with Crippen molar-refractivity contribution in [3.05, 3.63) is 46.2 Å². The van der Waals surface area contributed by atoms with Crippen LogP contribution in [0.15, 0.2) is 35.7 Å². The Balaban J connectivity index is 1.44. The molecule has 0 bridgehead atoms. The molecule has 1 fully saturated rings. The summed E-state index contributed by atoms with van der Waals surface area (Å²) >= 11 is 1.56. The number of aryl methyl sites for hydroxylation is 1. The average Bonchev–Trinajstić information content (AvgIpc) is 3.38. The molecule has 160 valence electrons. The third-order valence-corrected chi connectivity index (χ3v) is 6.41. The number of likely N-dealkylation sites (tertiary alicyclic amines) is 1. The lowest BCUT2D eigenvalue weighted by Gasteiger charge is -2.36. The summed E-state index contributed by atoms with van der Waals surface area (Å²) in [7, 11) is 0. The number of anilines is 2. The minimum atomic E-state index is -0.465. The van der Waals surface area contributed by atoms with Crippen LogP contribution < -0.4 is 10.2 Å². The maximum Gasteiger partial charge on any atom is 0.410 e. The number of ether oxygens (including phenoxy) is 1. The first kappa shape index (κ1) is 20.7. The number of amidine groups is 1. The topological polar surface area (TPSA) is 68.7 Å². The highest BCUT2D eigenvalue weighted by molar-refractivity contribution is 7.12. The van der Waals surface area contributed by atoms with E-state index in [-0.39, 0.29) is 6.09 Å². The van der Waals surface area contributed by atoms with Crippen LogP contribution in [-0.2, 0) is 11.2 Å². The van der Waals surface area contributed by atoms with Gasteiger partial charge in [0.1, 0.15) is 11.4 Å². The molecule has 1 unspecified atom stereocenters. The van der Waals surface area contributed by atoms with E-state index in [4.69, 9.17) is 10.1 Å². The first-order valence-electron chi connectivity index (χ1n) is 10.6. The predicted molar refractivity (Wildman–Crippen MR) is 123 cm³/mol. The number of fused-ring (bicyclic) bond motifs is 1. The number of benzene rings is 1. The molecule has 30 heavy (non-hydrogen) atoms. The first-order valence-corrected chi connectivity index (χ1v) is 11.4. The van der Waals surface area contributed by atoms with Crippen molar-refractivity contribution in [2.45, 2.75) is 51.7 Å². The van der Waals surface area contributed by atoms with Crippen molar-refractivity contribution in [3.8, 4) is 0 Å². The molecule has 1 saturated heterocycles. The van der Waals surface area contributed by atoms with Gasteiger partial charge in [0, 0.05) is 37.1 Å². The third-order valence-electron chi connectivity index (χ3n) is 5.53. The van der Waals surface area contributed by atoms with E-state index < -0.39 is 5.60 Å². The number of rotatable bonds is 3. The molecule has 1 atom stereocenters. The molecule has 3 heterocycles. The highest BCUT2D eigenvalue weighted by Crippen LogP contribution is 2.33. The molecule has 6 nitrogen and oxygen atoms in total. The quantitative estimate of drug-likeness (QED) is 0.538. The van der Waals surface area contributed by atoms with E-state index in [2.05, 4.69) is 28.4 Å². The van der Waals surface area contributed by atoms with E-state index in [0.717, 1.165) is 42.9 Å². The fraction of sp³-hybridized carbons (Fsp3) is 0.478. The summed E-state index contributed by atoms with van der Waals surface area (Å²) in [6, 6.07) is 10.6. The maximum atomic E-state index is 12.4. The molecule has 2 aliphatic rings. The van der Waals surface area contributed by atoms with Crippen LogP contribution in [0.4, 0.5) is 16.2 Å². The van der Waals surface area contributed by atoms with E-state index in [1.807, 2.05) is 43.2 Å². The van der Waals surface area contributed by atoms with Gasteiger partial charge in [0.15, 0.2) is 0 Å². The van der Waals surface area contributed by atoms with Crippen LogP contribution in [0.3, 0.4) is 0 Å². The van der Waals surface area contributed by atoms with Crippen LogP contribution in [0.2, 0.25) is 0 Å². The molecule has 2 aromatic rings.